The molecule has 1 aliphatic heterocycles. The van der Waals surface area contributed by atoms with Gasteiger partial charge >= 0.3 is 0 Å². The first-order chi connectivity index (χ1) is 10.4. The zero-order chi connectivity index (χ0) is 14.1. The lowest BCUT2D eigenvalue weighted by Gasteiger charge is -2.09. The van der Waals surface area contributed by atoms with Crippen LogP contribution in [0, 0.1) is 0 Å². The van der Waals surface area contributed by atoms with Crippen molar-refractivity contribution in [1.29, 1.82) is 0 Å². The van der Waals surface area contributed by atoms with E-state index >= 15 is 0 Å². The molecule has 2 nitrogen and oxygen atoms in total. The van der Waals surface area contributed by atoms with Crippen molar-refractivity contribution in [1.82, 2.24) is 5.43 Å². The normalized spacial score (nSPS) is 17.5. The Labute approximate surface area is 127 Å². The Morgan fingerprint density at radius 2 is 1.57 bits per heavy atom. The maximum absolute atomic E-state index is 4.54. The van der Waals surface area contributed by atoms with Gasteiger partial charge in [-0.3, -0.25) is 5.43 Å². The number of nitrogens with zero attached hydrogens (tertiary/aromatic N) is 1. The van der Waals surface area contributed by atoms with Gasteiger partial charge < -0.3 is 0 Å². The highest BCUT2D eigenvalue weighted by molar-refractivity contribution is 8.14. The molecule has 1 heterocycles. The average molecular weight is 290 g/mol. The number of hydrazone groups is 1. The van der Waals surface area contributed by atoms with E-state index in [4.69, 9.17) is 0 Å². The predicted octanol–water partition coefficient (Wildman–Crippen LogP) is 4.54. The molecule has 1 N–H and O–H groups in total. The van der Waals surface area contributed by atoms with E-state index in [2.05, 4.69) is 77.3 Å². The van der Waals surface area contributed by atoms with Gasteiger partial charge in [0.15, 0.2) is 0 Å². The van der Waals surface area contributed by atoms with Crippen molar-refractivity contribution in [3.63, 3.8) is 0 Å². The van der Waals surface area contributed by atoms with Gasteiger partial charge in [0.1, 0.15) is 10.4 Å². The number of fused-ring (bicyclic) bond motifs is 1. The lowest BCUT2D eigenvalue weighted by atomic mass is 10.1. The second kappa shape index (κ2) is 5.26. The quantitative estimate of drug-likeness (QED) is 0.749. The minimum Gasteiger partial charge on any atom is -0.291 e. The molecule has 1 aliphatic rings. The van der Waals surface area contributed by atoms with Crippen molar-refractivity contribution >= 4 is 27.6 Å². The van der Waals surface area contributed by atoms with E-state index in [9.17, 15) is 0 Å². The molecule has 0 spiro atoms. The first-order valence-corrected chi connectivity index (χ1v) is 7.83. The summed E-state index contributed by atoms with van der Waals surface area (Å²) in [5, 5.41) is 8.30. The molecule has 3 heteroatoms. The highest BCUT2D eigenvalue weighted by Crippen LogP contribution is 2.35. The summed E-state index contributed by atoms with van der Waals surface area (Å²) in [6.07, 6.45) is 0. The summed E-state index contributed by atoms with van der Waals surface area (Å²) in [7, 11) is 0. The lowest BCUT2D eigenvalue weighted by molar-refractivity contribution is 0.744. The molecule has 0 radical (unpaired) electrons. The maximum Gasteiger partial charge on any atom is 0.126 e. The number of thioether (sulfide) groups is 1. The Morgan fingerprint density at radius 3 is 2.48 bits per heavy atom. The molecule has 0 saturated carbocycles. The topological polar surface area (TPSA) is 24.4 Å². The van der Waals surface area contributed by atoms with E-state index in [1.807, 2.05) is 6.07 Å². The minimum absolute atomic E-state index is 0.195. The summed E-state index contributed by atoms with van der Waals surface area (Å²) in [4.78, 5) is 0. The summed E-state index contributed by atoms with van der Waals surface area (Å²) in [6.45, 7) is 0. The van der Waals surface area contributed by atoms with Crippen LogP contribution in [0.25, 0.3) is 10.8 Å². The van der Waals surface area contributed by atoms with Gasteiger partial charge in [0.05, 0.1) is 0 Å². The van der Waals surface area contributed by atoms with Crippen LogP contribution >= 0.6 is 11.8 Å². The highest BCUT2D eigenvalue weighted by atomic mass is 32.2. The van der Waals surface area contributed by atoms with Crippen molar-refractivity contribution in [3.8, 4) is 0 Å². The standard InChI is InChI=1S/C18H14N2S/c1-2-8-14(9-3-1)17-19-20-18(21-17)16-12-6-10-13-7-4-5-11-15(13)16/h1-12,17,19H/t17-/m0/s1. The van der Waals surface area contributed by atoms with Gasteiger partial charge in [0, 0.05) is 5.56 Å². The molecule has 0 saturated heterocycles. The van der Waals surface area contributed by atoms with Crippen LogP contribution in [0.2, 0.25) is 0 Å². The first kappa shape index (κ1) is 12.5. The first-order valence-electron chi connectivity index (χ1n) is 6.95. The maximum atomic E-state index is 4.54. The molecular formula is C18H14N2S. The predicted molar refractivity (Wildman–Crippen MR) is 90.4 cm³/mol. The van der Waals surface area contributed by atoms with Gasteiger partial charge in [-0.2, -0.15) is 5.10 Å². The summed E-state index contributed by atoms with van der Waals surface area (Å²) in [5.41, 5.74) is 5.69. The van der Waals surface area contributed by atoms with Crippen molar-refractivity contribution in [2.24, 2.45) is 5.10 Å². The number of nitrogens with one attached hydrogen (secondary N) is 1. The number of hydrogen-bond acceptors (Lipinski definition) is 3. The van der Waals surface area contributed by atoms with Crippen LogP contribution in [0.15, 0.2) is 77.9 Å². The fourth-order valence-electron chi connectivity index (χ4n) is 2.59. The third-order valence-electron chi connectivity index (χ3n) is 3.64. The van der Waals surface area contributed by atoms with Crippen molar-refractivity contribution < 1.29 is 0 Å². The SMILES string of the molecule is c1ccc([C@H]2NN=C(c3cccc4ccccc34)S2)cc1. The fraction of sp³-hybridized carbons (Fsp3) is 0.0556. The molecule has 0 fully saturated rings. The molecule has 102 valence electrons. The van der Waals surface area contributed by atoms with E-state index < -0.39 is 0 Å². The molecule has 0 amide bonds. The van der Waals surface area contributed by atoms with E-state index in [-0.39, 0.29) is 5.37 Å². The van der Waals surface area contributed by atoms with Crippen molar-refractivity contribution in [3.05, 3.63) is 83.9 Å². The Hall–Kier alpha value is -2.26. The summed E-state index contributed by atoms with van der Waals surface area (Å²) in [5.74, 6) is 0. The zero-order valence-corrected chi connectivity index (χ0v) is 12.2. The van der Waals surface area contributed by atoms with Crippen LogP contribution in [-0.4, -0.2) is 5.04 Å². The molecule has 0 bridgehead atoms. The number of rotatable bonds is 2. The van der Waals surface area contributed by atoms with Crippen LogP contribution in [0.1, 0.15) is 16.5 Å². The van der Waals surface area contributed by atoms with Gasteiger partial charge in [-0.05, 0) is 16.3 Å². The summed E-state index contributed by atoms with van der Waals surface area (Å²) in [6, 6.07) is 25.2. The van der Waals surface area contributed by atoms with Gasteiger partial charge in [-0.25, -0.2) is 0 Å². The third kappa shape index (κ3) is 2.30. The van der Waals surface area contributed by atoms with Crippen molar-refractivity contribution in [2.45, 2.75) is 5.37 Å². The Bertz CT molecular complexity index is 806. The second-order valence-electron chi connectivity index (χ2n) is 4.98. The largest absolute Gasteiger partial charge is 0.291 e. The molecule has 0 aromatic heterocycles. The molecule has 3 aromatic rings. The van der Waals surface area contributed by atoms with Crippen LogP contribution in [0.3, 0.4) is 0 Å². The molecule has 21 heavy (non-hydrogen) atoms. The van der Waals surface area contributed by atoms with E-state index in [1.165, 1.54) is 21.9 Å². The number of hydrogen-bond donors (Lipinski definition) is 1. The highest BCUT2D eigenvalue weighted by Gasteiger charge is 2.22. The van der Waals surface area contributed by atoms with Gasteiger partial charge in [-0.1, -0.05) is 84.6 Å². The Balaban J connectivity index is 1.69. The van der Waals surface area contributed by atoms with E-state index in [0.717, 1.165) is 5.04 Å². The lowest BCUT2D eigenvalue weighted by Crippen LogP contribution is -2.05. The molecular weight excluding hydrogens is 276 g/mol. The van der Waals surface area contributed by atoms with Crippen LogP contribution in [0.5, 0.6) is 0 Å². The van der Waals surface area contributed by atoms with Gasteiger partial charge in [-0.15, -0.1) is 0 Å². The smallest absolute Gasteiger partial charge is 0.126 e. The molecule has 1 atom stereocenters. The Kier molecular flexibility index (Phi) is 3.13. The molecule has 4 rings (SSSR count). The van der Waals surface area contributed by atoms with Gasteiger partial charge in [0.2, 0.25) is 0 Å². The van der Waals surface area contributed by atoms with Crippen LogP contribution in [-0.2, 0) is 0 Å². The average Bonchev–Trinajstić information content (AvgIpc) is 3.05. The van der Waals surface area contributed by atoms with Crippen LogP contribution in [0.4, 0.5) is 0 Å². The third-order valence-corrected chi connectivity index (χ3v) is 4.78. The second-order valence-corrected chi connectivity index (χ2v) is 6.08. The van der Waals surface area contributed by atoms with Crippen molar-refractivity contribution in [2.75, 3.05) is 0 Å². The summed E-state index contributed by atoms with van der Waals surface area (Å²) >= 11 is 1.77. The molecule has 0 unspecified atom stereocenters. The van der Waals surface area contributed by atoms with E-state index in [1.54, 1.807) is 11.8 Å². The summed E-state index contributed by atoms with van der Waals surface area (Å²) < 4.78 is 0. The van der Waals surface area contributed by atoms with Crippen LogP contribution < -0.4 is 5.43 Å². The Morgan fingerprint density at radius 1 is 0.810 bits per heavy atom. The molecule has 3 aromatic carbocycles. The molecule has 0 aliphatic carbocycles. The van der Waals surface area contributed by atoms with Gasteiger partial charge in [0.25, 0.3) is 0 Å². The van der Waals surface area contributed by atoms with E-state index in [0.29, 0.717) is 0 Å². The monoisotopic (exact) mass is 290 g/mol. The fourth-order valence-corrected chi connectivity index (χ4v) is 3.62. The zero-order valence-electron chi connectivity index (χ0n) is 11.4. The number of benzene rings is 3. The minimum atomic E-state index is 0.195.